The van der Waals surface area contributed by atoms with Gasteiger partial charge in [-0.1, -0.05) is 90.4 Å². The van der Waals surface area contributed by atoms with E-state index in [4.69, 9.17) is 9.47 Å². The first kappa shape index (κ1) is 31.8. The molecule has 3 N–H and O–H groups in total. The molecule has 1 amide bonds. The number of unbranched alkanes of at least 4 members (excludes halogenated alkanes) is 13. The highest BCUT2D eigenvalue weighted by molar-refractivity contribution is 5.78. The monoisotopic (exact) mass is 472 g/mol. The van der Waals surface area contributed by atoms with Gasteiger partial charge in [0.25, 0.3) is 0 Å². The van der Waals surface area contributed by atoms with E-state index in [1.165, 1.54) is 77.0 Å². The Kier molecular flexibility index (Phi) is 24.5. The molecule has 1 unspecified atom stereocenters. The minimum Gasteiger partial charge on any atom is -0.480 e. The number of amides is 1. The molecule has 0 aromatic heterocycles. The molecule has 0 aliphatic heterocycles. The first-order chi connectivity index (χ1) is 16.1. The largest absolute Gasteiger partial charge is 0.480 e. The van der Waals surface area contributed by atoms with Crippen molar-refractivity contribution in [3.05, 3.63) is 0 Å². The average molecular weight is 473 g/mol. The summed E-state index contributed by atoms with van der Waals surface area (Å²) >= 11 is 0. The van der Waals surface area contributed by atoms with E-state index in [9.17, 15) is 14.7 Å². The Morgan fingerprint density at radius 3 is 1.82 bits per heavy atom. The van der Waals surface area contributed by atoms with Gasteiger partial charge in [-0.3, -0.25) is 9.59 Å². The van der Waals surface area contributed by atoms with Crippen molar-refractivity contribution in [2.24, 2.45) is 0 Å². The summed E-state index contributed by atoms with van der Waals surface area (Å²) in [5, 5.41) is 15.2. The maximum Gasteiger partial charge on any atom is 0.320 e. The second-order valence-corrected chi connectivity index (χ2v) is 8.93. The molecule has 7 nitrogen and oxygen atoms in total. The molecule has 196 valence electrons. The van der Waals surface area contributed by atoms with Gasteiger partial charge in [0, 0.05) is 20.1 Å². The summed E-state index contributed by atoms with van der Waals surface area (Å²) in [5.74, 6) is -1.04. The van der Waals surface area contributed by atoms with Gasteiger partial charge in [-0.05, 0) is 19.4 Å². The number of methoxy groups -OCH3 is 1. The van der Waals surface area contributed by atoms with Crippen LogP contribution >= 0.6 is 0 Å². The molecule has 0 heterocycles. The van der Waals surface area contributed by atoms with Crippen molar-refractivity contribution in [1.82, 2.24) is 10.6 Å². The normalized spacial score (nSPS) is 12.1. The minimum atomic E-state index is -0.893. The molecule has 0 saturated carbocycles. The minimum absolute atomic E-state index is 0.144. The van der Waals surface area contributed by atoms with Gasteiger partial charge in [0.05, 0.1) is 19.8 Å². The predicted molar refractivity (Wildman–Crippen MR) is 135 cm³/mol. The van der Waals surface area contributed by atoms with Crippen LogP contribution in [-0.2, 0) is 19.1 Å². The van der Waals surface area contributed by atoms with E-state index < -0.39 is 12.0 Å². The van der Waals surface area contributed by atoms with E-state index in [1.54, 1.807) is 7.11 Å². The standard InChI is InChI=1S/C26H52N2O5/c1-3-4-5-6-7-8-9-10-11-12-13-14-15-16-19-27-24(26(30)31)17-18-25(29)28-20-21-33-23-22-32-2/h24,27H,3-23H2,1-2H3,(H,28,29)(H,30,31). The van der Waals surface area contributed by atoms with Crippen LogP contribution in [0.4, 0.5) is 0 Å². The van der Waals surface area contributed by atoms with Crippen molar-refractivity contribution >= 4 is 11.9 Å². The number of ether oxygens (including phenoxy) is 2. The Morgan fingerprint density at radius 1 is 0.758 bits per heavy atom. The number of carbonyl (C=O) groups excluding carboxylic acids is 1. The number of carbonyl (C=O) groups is 2. The number of nitrogens with one attached hydrogen (secondary N) is 2. The van der Waals surface area contributed by atoms with Crippen LogP contribution < -0.4 is 10.6 Å². The van der Waals surface area contributed by atoms with Crippen LogP contribution in [0, 0.1) is 0 Å². The molecule has 7 heteroatoms. The summed E-state index contributed by atoms with van der Waals surface area (Å²) in [6, 6.07) is -0.671. The van der Waals surface area contributed by atoms with Gasteiger partial charge in [-0.2, -0.15) is 0 Å². The Labute approximate surface area is 202 Å². The third-order valence-electron chi connectivity index (χ3n) is 5.88. The number of hydrogen-bond acceptors (Lipinski definition) is 5. The van der Waals surface area contributed by atoms with E-state index >= 15 is 0 Å². The summed E-state index contributed by atoms with van der Waals surface area (Å²) in [6.07, 6.45) is 18.8. The van der Waals surface area contributed by atoms with Gasteiger partial charge in [0.2, 0.25) is 5.91 Å². The van der Waals surface area contributed by atoms with Crippen molar-refractivity contribution in [2.75, 3.05) is 40.0 Å². The van der Waals surface area contributed by atoms with Gasteiger partial charge in [-0.15, -0.1) is 0 Å². The van der Waals surface area contributed by atoms with E-state index in [2.05, 4.69) is 17.6 Å². The number of rotatable bonds is 26. The van der Waals surface area contributed by atoms with Crippen LogP contribution in [0.1, 0.15) is 110 Å². The molecule has 0 rings (SSSR count). The first-order valence-electron chi connectivity index (χ1n) is 13.4. The fraction of sp³-hybridized carbons (Fsp3) is 0.923. The van der Waals surface area contributed by atoms with E-state index in [0.717, 1.165) is 12.8 Å². The molecule has 0 aliphatic carbocycles. The molecule has 0 saturated heterocycles. The second-order valence-electron chi connectivity index (χ2n) is 8.93. The lowest BCUT2D eigenvalue weighted by molar-refractivity contribution is -0.139. The highest BCUT2D eigenvalue weighted by atomic mass is 16.5. The molecule has 0 aromatic carbocycles. The van der Waals surface area contributed by atoms with Gasteiger partial charge in [0.15, 0.2) is 0 Å². The van der Waals surface area contributed by atoms with Crippen LogP contribution in [0.15, 0.2) is 0 Å². The van der Waals surface area contributed by atoms with Gasteiger partial charge >= 0.3 is 5.97 Å². The fourth-order valence-corrected chi connectivity index (χ4v) is 3.78. The summed E-state index contributed by atoms with van der Waals surface area (Å²) in [7, 11) is 1.61. The Bertz CT molecular complexity index is 448. The summed E-state index contributed by atoms with van der Waals surface area (Å²) in [5.41, 5.74) is 0. The maximum absolute atomic E-state index is 11.9. The molecule has 1 atom stereocenters. The smallest absolute Gasteiger partial charge is 0.320 e. The third-order valence-corrected chi connectivity index (χ3v) is 5.88. The summed E-state index contributed by atoms with van der Waals surface area (Å²) in [4.78, 5) is 23.3. The van der Waals surface area contributed by atoms with Crippen molar-refractivity contribution in [3.8, 4) is 0 Å². The zero-order valence-corrected chi connectivity index (χ0v) is 21.5. The topological polar surface area (TPSA) is 96.9 Å². The zero-order valence-electron chi connectivity index (χ0n) is 21.5. The van der Waals surface area contributed by atoms with Crippen molar-refractivity contribution in [3.63, 3.8) is 0 Å². The van der Waals surface area contributed by atoms with E-state index in [-0.39, 0.29) is 12.3 Å². The van der Waals surface area contributed by atoms with Crippen molar-refractivity contribution < 1.29 is 24.2 Å². The second kappa shape index (κ2) is 25.4. The Morgan fingerprint density at radius 2 is 1.30 bits per heavy atom. The average Bonchev–Trinajstić information content (AvgIpc) is 2.80. The quantitative estimate of drug-likeness (QED) is 0.152. The van der Waals surface area contributed by atoms with Crippen LogP contribution in [0.2, 0.25) is 0 Å². The number of carboxylic acids is 1. The van der Waals surface area contributed by atoms with Gasteiger partial charge in [-0.25, -0.2) is 0 Å². The lowest BCUT2D eigenvalue weighted by Crippen LogP contribution is -2.38. The highest BCUT2D eigenvalue weighted by Gasteiger charge is 2.17. The summed E-state index contributed by atoms with van der Waals surface area (Å²) < 4.78 is 10.2. The van der Waals surface area contributed by atoms with Crippen molar-refractivity contribution in [2.45, 2.75) is 116 Å². The molecule has 0 bridgehead atoms. The van der Waals surface area contributed by atoms with Gasteiger partial charge in [0.1, 0.15) is 6.04 Å². The zero-order chi connectivity index (χ0) is 24.4. The van der Waals surface area contributed by atoms with Crippen LogP contribution in [0.5, 0.6) is 0 Å². The molecular formula is C26H52N2O5. The van der Waals surface area contributed by atoms with Gasteiger partial charge < -0.3 is 25.2 Å². The van der Waals surface area contributed by atoms with Crippen LogP contribution in [-0.4, -0.2) is 63.0 Å². The number of hydrogen-bond donors (Lipinski definition) is 3. The molecule has 33 heavy (non-hydrogen) atoms. The number of carboxylic acid groups (broad SMARTS) is 1. The Hall–Kier alpha value is -1.18. The van der Waals surface area contributed by atoms with Crippen LogP contribution in [0.3, 0.4) is 0 Å². The molecule has 0 radical (unpaired) electrons. The van der Waals surface area contributed by atoms with Crippen LogP contribution in [0.25, 0.3) is 0 Å². The molecule has 0 aliphatic rings. The third kappa shape index (κ3) is 23.8. The SMILES string of the molecule is CCCCCCCCCCCCCCCCNC(CCC(=O)NCCOCCOC)C(=O)O. The fourth-order valence-electron chi connectivity index (χ4n) is 3.78. The molecule has 0 spiro atoms. The molecule has 0 fully saturated rings. The lowest BCUT2D eigenvalue weighted by Gasteiger charge is -2.14. The van der Waals surface area contributed by atoms with E-state index in [1.807, 2.05) is 0 Å². The Balaban J connectivity index is 3.53. The lowest BCUT2D eigenvalue weighted by atomic mass is 10.0. The first-order valence-corrected chi connectivity index (χ1v) is 13.4. The molecule has 0 aromatic rings. The molecular weight excluding hydrogens is 420 g/mol. The maximum atomic E-state index is 11.9. The predicted octanol–water partition coefficient (Wildman–Crippen LogP) is 5.07. The van der Waals surface area contributed by atoms with E-state index in [0.29, 0.717) is 39.3 Å². The van der Waals surface area contributed by atoms with Crippen molar-refractivity contribution in [1.29, 1.82) is 0 Å². The highest BCUT2D eigenvalue weighted by Crippen LogP contribution is 2.12. The number of aliphatic carboxylic acids is 1. The summed E-state index contributed by atoms with van der Waals surface area (Å²) in [6.45, 7) is 4.82.